The van der Waals surface area contributed by atoms with Crippen molar-refractivity contribution >= 4 is 29.1 Å². The third kappa shape index (κ3) is 2.94. The Balaban J connectivity index is 1.42. The zero-order valence-electron chi connectivity index (χ0n) is 15.0. The van der Waals surface area contributed by atoms with Gasteiger partial charge >= 0.3 is 0 Å². The zero-order valence-corrected chi connectivity index (χ0v) is 15.0. The van der Waals surface area contributed by atoms with Gasteiger partial charge in [0.05, 0.1) is 16.8 Å². The van der Waals surface area contributed by atoms with E-state index in [-0.39, 0.29) is 11.5 Å². The van der Waals surface area contributed by atoms with Gasteiger partial charge in [0, 0.05) is 29.2 Å². The van der Waals surface area contributed by atoms with Crippen molar-refractivity contribution in [3.63, 3.8) is 0 Å². The van der Waals surface area contributed by atoms with E-state index in [1.54, 1.807) is 24.4 Å². The number of aromatic nitrogens is 2. The summed E-state index contributed by atoms with van der Waals surface area (Å²) in [7, 11) is 0. The molecule has 7 nitrogen and oxygen atoms in total. The van der Waals surface area contributed by atoms with Gasteiger partial charge in [0.2, 0.25) is 0 Å². The number of benzene rings is 2. The summed E-state index contributed by atoms with van der Waals surface area (Å²) in [6, 6.07) is 17.8. The van der Waals surface area contributed by atoms with E-state index in [0.717, 1.165) is 11.3 Å². The van der Waals surface area contributed by atoms with Crippen LogP contribution in [0.25, 0.3) is 16.9 Å². The van der Waals surface area contributed by atoms with Crippen molar-refractivity contribution in [1.29, 1.82) is 0 Å². The van der Waals surface area contributed by atoms with Crippen LogP contribution in [-0.2, 0) is 0 Å². The lowest BCUT2D eigenvalue weighted by Gasteiger charge is -2.06. The quantitative estimate of drug-likeness (QED) is 0.533. The predicted molar refractivity (Wildman–Crippen MR) is 107 cm³/mol. The molecule has 3 amide bonds. The molecule has 4 aromatic rings. The lowest BCUT2D eigenvalue weighted by molar-refractivity contribution is 0.0878. The van der Waals surface area contributed by atoms with Gasteiger partial charge in [-0.2, -0.15) is 0 Å². The highest BCUT2D eigenvalue weighted by Gasteiger charge is 2.26. The van der Waals surface area contributed by atoms with Gasteiger partial charge in [-0.25, -0.2) is 4.98 Å². The number of anilines is 1. The number of pyridine rings is 1. The molecule has 2 N–H and O–H groups in total. The fourth-order valence-electron chi connectivity index (χ4n) is 3.32. The van der Waals surface area contributed by atoms with Crippen LogP contribution in [0, 0.1) is 0 Å². The molecule has 0 saturated heterocycles. The van der Waals surface area contributed by atoms with Crippen LogP contribution in [0.3, 0.4) is 0 Å². The molecule has 2 aromatic carbocycles. The van der Waals surface area contributed by atoms with E-state index in [1.165, 1.54) is 12.1 Å². The predicted octanol–water partition coefficient (Wildman–Crippen LogP) is 3.14. The van der Waals surface area contributed by atoms with Crippen molar-refractivity contribution < 1.29 is 14.4 Å². The summed E-state index contributed by atoms with van der Waals surface area (Å²) >= 11 is 0. The Hall–Kier alpha value is -4.26. The van der Waals surface area contributed by atoms with Crippen molar-refractivity contribution in [3.05, 3.63) is 89.7 Å². The first kappa shape index (κ1) is 16.9. The molecule has 1 aliphatic rings. The van der Waals surface area contributed by atoms with Crippen molar-refractivity contribution in [1.82, 2.24) is 14.7 Å². The largest absolute Gasteiger partial charge is 0.322 e. The molecule has 0 fully saturated rings. The van der Waals surface area contributed by atoms with E-state index in [0.29, 0.717) is 22.5 Å². The Morgan fingerprint density at radius 1 is 0.931 bits per heavy atom. The van der Waals surface area contributed by atoms with Crippen LogP contribution < -0.4 is 10.6 Å². The van der Waals surface area contributed by atoms with Gasteiger partial charge in [0.1, 0.15) is 5.65 Å². The Morgan fingerprint density at radius 3 is 2.55 bits per heavy atom. The number of carbonyl (C=O) groups excluding carboxylic acids is 3. The average Bonchev–Trinajstić information content (AvgIpc) is 3.29. The van der Waals surface area contributed by atoms with E-state index in [2.05, 4.69) is 15.6 Å². The summed E-state index contributed by atoms with van der Waals surface area (Å²) in [6.45, 7) is 0. The van der Waals surface area contributed by atoms with E-state index in [4.69, 9.17) is 0 Å². The molecule has 7 heteroatoms. The fraction of sp³-hybridized carbons (Fsp3) is 0. The van der Waals surface area contributed by atoms with Crippen LogP contribution in [0.15, 0.2) is 73.1 Å². The number of hydrogen-bond acceptors (Lipinski definition) is 4. The molecule has 29 heavy (non-hydrogen) atoms. The van der Waals surface area contributed by atoms with Crippen LogP contribution >= 0.6 is 0 Å². The Labute approximate surface area is 165 Å². The average molecular weight is 382 g/mol. The topological polar surface area (TPSA) is 92.6 Å². The van der Waals surface area contributed by atoms with Crippen molar-refractivity contribution in [2.75, 3.05) is 5.32 Å². The van der Waals surface area contributed by atoms with Gasteiger partial charge in [-0.3, -0.25) is 19.7 Å². The second kappa shape index (κ2) is 6.42. The molecular weight excluding hydrogens is 368 g/mol. The second-order valence-corrected chi connectivity index (χ2v) is 6.67. The summed E-state index contributed by atoms with van der Waals surface area (Å²) in [5.41, 5.74) is 3.89. The number of hydrogen-bond donors (Lipinski definition) is 2. The number of rotatable bonds is 3. The van der Waals surface area contributed by atoms with Gasteiger partial charge in [-0.1, -0.05) is 30.3 Å². The molecule has 1 aliphatic heterocycles. The number of imide groups is 1. The SMILES string of the molecule is O=C(Nc1ccc2c(c1)C(=O)NC2=O)c1ccn2cc(-c3ccccc3)nc2c1. The van der Waals surface area contributed by atoms with E-state index >= 15 is 0 Å². The number of nitrogens with one attached hydrogen (secondary N) is 2. The standard InChI is InChI=1S/C22H14N4O3/c27-20(23-15-6-7-16-17(11-15)22(29)25-21(16)28)14-8-9-26-12-18(24-19(26)10-14)13-4-2-1-3-5-13/h1-12H,(H,23,27)(H,25,28,29). The lowest BCUT2D eigenvalue weighted by Crippen LogP contribution is -2.19. The van der Waals surface area contributed by atoms with Gasteiger partial charge < -0.3 is 9.72 Å². The Kier molecular flexibility index (Phi) is 3.74. The number of amides is 3. The molecule has 3 heterocycles. The van der Waals surface area contributed by atoms with Gasteiger partial charge in [-0.05, 0) is 30.3 Å². The zero-order chi connectivity index (χ0) is 20.0. The maximum atomic E-state index is 12.7. The molecule has 5 rings (SSSR count). The van der Waals surface area contributed by atoms with E-state index < -0.39 is 11.8 Å². The Bertz CT molecular complexity index is 1310. The summed E-state index contributed by atoms with van der Waals surface area (Å²) < 4.78 is 1.85. The first-order valence-electron chi connectivity index (χ1n) is 8.94. The highest BCUT2D eigenvalue weighted by atomic mass is 16.2. The number of imidazole rings is 1. The first-order chi connectivity index (χ1) is 14.1. The monoisotopic (exact) mass is 382 g/mol. The normalized spacial score (nSPS) is 12.7. The summed E-state index contributed by atoms with van der Waals surface area (Å²) in [4.78, 5) is 40.7. The van der Waals surface area contributed by atoms with E-state index in [1.807, 2.05) is 40.9 Å². The number of nitrogens with zero attached hydrogens (tertiary/aromatic N) is 2. The molecule has 140 valence electrons. The number of carbonyl (C=O) groups is 3. The van der Waals surface area contributed by atoms with Crippen molar-refractivity contribution in [2.24, 2.45) is 0 Å². The smallest absolute Gasteiger partial charge is 0.259 e. The number of fused-ring (bicyclic) bond motifs is 2. The minimum absolute atomic E-state index is 0.254. The molecule has 0 atom stereocenters. The van der Waals surface area contributed by atoms with Crippen LogP contribution in [0.4, 0.5) is 5.69 Å². The van der Waals surface area contributed by atoms with Gasteiger partial charge in [0.15, 0.2) is 0 Å². The minimum Gasteiger partial charge on any atom is -0.322 e. The third-order valence-electron chi connectivity index (χ3n) is 4.79. The molecule has 0 spiro atoms. The molecule has 0 bridgehead atoms. The highest BCUT2D eigenvalue weighted by Crippen LogP contribution is 2.22. The third-order valence-corrected chi connectivity index (χ3v) is 4.79. The van der Waals surface area contributed by atoms with Crippen LogP contribution in [0.5, 0.6) is 0 Å². The molecule has 0 radical (unpaired) electrons. The van der Waals surface area contributed by atoms with Crippen molar-refractivity contribution in [3.8, 4) is 11.3 Å². The summed E-state index contributed by atoms with van der Waals surface area (Å²) in [6.07, 6.45) is 3.68. The minimum atomic E-state index is -0.464. The molecule has 0 saturated carbocycles. The molecular formula is C22H14N4O3. The van der Waals surface area contributed by atoms with Gasteiger partial charge in [0.25, 0.3) is 17.7 Å². The highest BCUT2D eigenvalue weighted by molar-refractivity contribution is 6.22. The van der Waals surface area contributed by atoms with E-state index in [9.17, 15) is 14.4 Å². The Morgan fingerprint density at radius 2 is 1.72 bits per heavy atom. The van der Waals surface area contributed by atoms with Crippen LogP contribution in [0.2, 0.25) is 0 Å². The van der Waals surface area contributed by atoms with Crippen LogP contribution in [-0.4, -0.2) is 27.1 Å². The molecule has 2 aromatic heterocycles. The van der Waals surface area contributed by atoms with Gasteiger partial charge in [-0.15, -0.1) is 0 Å². The van der Waals surface area contributed by atoms with Crippen molar-refractivity contribution in [2.45, 2.75) is 0 Å². The maximum absolute atomic E-state index is 12.7. The summed E-state index contributed by atoms with van der Waals surface area (Å²) in [5.74, 6) is -1.23. The second-order valence-electron chi connectivity index (χ2n) is 6.67. The molecule has 0 aliphatic carbocycles. The first-order valence-corrected chi connectivity index (χ1v) is 8.94. The summed E-state index contributed by atoms with van der Waals surface area (Å²) in [5, 5.41) is 4.99. The lowest BCUT2D eigenvalue weighted by atomic mass is 10.1. The maximum Gasteiger partial charge on any atom is 0.259 e. The fourth-order valence-corrected chi connectivity index (χ4v) is 3.32. The van der Waals surface area contributed by atoms with Crippen LogP contribution in [0.1, 0.15) is 31.1 Å². The molecule has 0 unspecified atom stereocenters.